The molecule has 0 aromatic rings. The number of aliphatic hydroxyl groups is 1. The summed E-state index contributed by atoms with van der Waals surface area (Å²) in [6.07, 6.45) is 12.1. The molecule has 3 fully saturated rings. The van der Waals surface area contributed by atoms with Crippen molar-refractivity contribution in [3.05, 3.63) is 22.8 Å². The second kappa shape index (κ2) is 5.88. The van der Waals surface area contributed by atoms with Gasteiger partial charge in [0.25, 0.3) is 0 Å². The third-order valence-electron chi connectivity index (χ3n) is 8.59. The van der Waals surface area contributed by atoms with Crippen LogP contribution in [0.5, 0.6) is 0 Å². The predicted octanol–water partition coefficient (Wildman–Crippen LogP) is 5.87. The predicted molar refractivity (Wildman–Crippen MR) is 101 cm³/mol. The summed E-state index contributed by atoms with van der Waals surface area (Å²) in [4.78, 5) is 0. The highest BCUT2D eigenvalue weighted by molar-refractivity contribution is 6.19. The fraction of sp³-hybridized carbons (Fsp3) is 0.818. The molecule has 0 heterocycles. The zero-order valence-corrected chi connectivity index (χ0v) is 16.3. The molecule has 0 radical (unpaired) electrons. The maximum absolute atomic E-state index is 10.1. The van der Waals surface area contributed by atoms with E-state index in [0.717, 1.165) is 24.2 Å². The SMILES string of the molecule is CC(CCl)=C1CCC2C3CCC4=C[C@@H](O)CC[C@]4(C)C3CC[C@]12C. The Morgan fingerprint density at radius 2 is 1.79 bits per heavy atom. The standard InChI is InChI=1S/C22H33ClO/c1-14(13-23)18-6-7-19-17-5-4-15-12-16(24)8-10-21(15,2)20(17)9-11-22(18,19)3/h12,16-17,19-20,24H,4-11,13H2,1-3H3/t16-,17?,19?,20?,21-,22+/m0/s1. The van der Waals surface area contributed by atoms with Gasteiger partial charge in [-0.25, -0.2) is 0 Å². The second-order valence-corrected chi connectivity index (χ2v) is 9.79. The fourth-order valence-corrected chi connectivity index (χ4v) is 7.47. The van der Waals surface area contributed by atoms with Gasteiger partial charge in [-0.15, -0.1) is 11.6 Å². The summed E-state index contributed by atoms with van der Waals surface area (Å²) in [5.41, 5.74) is 5.50. The molecule has 2 heteroatoms. The van der Waals surface area contributed by atoms with Crippen LogP contribution in [0.4, 0.5) is 0 Å². The van der Waals surface area contributed by atoms with Gasteiger partial charge in [-0.2, -0.15) is 0 Å². The summed E-state index contributed by atoms with van der Waals surface area (Å²) in [5.74, 6) is 3.27. The van der Waals surface area contributed by atoms with Gasteiger partial charge in [0, 0.05) is 5.88 Å². The number of rotatable bonds is 1. The maximum atomic E-state index is 10.1. The van der Waals surface area contributed by atoms with Crippen LogP contribution < -0.4 is 0 Å². The molecule has 4 aliphatic carbocycles. The summed E-state index contributed by atoms with van der Waals surface area (Å²) in [5, 5.41) is 10.1. The lowest BCUT2D eigenvalue weighted by molar-refractivity contribution is -0.0315. The Kier molecular flexibility index (Phi) is 4.20. The summed E-state index contributed by atoms with van der Waals surface area (Å²) < 4.78 is 0. The van der Waals surface area contributed by atoms with Crippen LogP contribution in [0.2, 0.25) is 0 Å². The monoisotopic (exact) mass is 348 g/mol. The van der Waals surface area contributed by atoms with E-state index in [0.29, 0.717) is 16.7 Å². The Balaban J connectivity index is 1.67. The van der Waals surface area contributed by atoms with E-state index < -0.39 is 0 Å². The van der Waals surface area contributed by atoms with Crippen molar-refractivity contribution in [2.24, 2.45) is 28.6 Å². The largest absolute Gasteiger partial charge is 0.389 e. The first-order chi connectivity index (χ1) is 11.4. The van der Waals surface area contributed by atoms with E-state index in [1.165, 1.54) is 50.5 Å². The number of hydrogen-bond donors (Lipinski definition) is 1. The van der Waals surface area contributed by atoms with E-state index in [-0.39, 0.29) is 6.10 Å². The van der Waals surface area contributed by atoms with Gasteiger partial charge in [0.15, 0.2) is 0 Å². The van der Waals surface area contributed by atoms with Crippen molar-refractivity contribution >= 4 is 11.6 Å². The topological polar surface area (TPSA) is 20.2 Å². The van der Waals surface area contributed by atoms with E-state index in [1.807, 2.05) is 0 Å². The number of fused-ring (bicyclic) bond motifs is 5. The number of hydrogen-bond acceptors (Lipinski definition) is 1. The van der Waals surface area contributed by atoms with Gasteiger partial charge in [0.1, 0.15) is 0 Å². The molecule has 0 bridgehead atoms. The first kappa shape index (κ1) is 17.2. The molecule has 3 saturated carbocycles. The molecule has 0 aromatic heterocycles. The minimum absolute atomic E-state index is 0.189. The average Bonchev–Trinajstić information content (AvgIpc) is 2.92. The van der Waals surface area contributed by atoms with Gasteiger partial charge in [-0.3, -0.25) is 0 Å². The second-order valence-electron chi connectivity index (χ2n) is 9.52. The number of alkyl halides is 1. The molecule has 0 saturated heterocycles. The van der Waals surface area contributed by atoms with Crippen LogP contribution in [-0.2, 0) is 0 Å². The van der Waals surface area contributed by atoms with Crippen LogP contribution in [0.15, 0.2) is 22.8 Å². The zero-order chi connectivity index (χ0) is 17.1. The molecule has 4 rings (SSSR count). The van der Waals surface area contributed by atoms with Gasteiger partial charge in [0.2, 0.25) is 0 Å². The van der Waals surface area contributed by atoms with Gasteiger partial charge in [-0.1, -0.05) is 36.6 Å². The molecule has 0 aromatic carbocycles. The van der Waals surface area contributed by atoms with E-state index in [1.54, 1.807) is 11.1 Å². The van der Waals surface area contributed by atoms with Crippen LogP contribution in [0, 0.1) is 28.6 Å². The fourth-order valence-electron chi connectivity index (χ4n) is 7.30. The molecule has 3 unspecified atom stereocenters. The van der Waals surface area contributed by atoms with Crippen molar-refractivity contribution in [2.75, 3.05) is 5.88 Å². The van der Waals surface area contributed by atoms with Crippen LogP contribution in [0.1, 0.15) is 72.1 Å². The summed E-state index contributed by atoms with van der Waals surface area (Å²) in [6.45, 7) is 7.32. The molecule has 4 aliphatic rings. The lowest BCUT2D eigenvalue weighted by atomic mass is 9.47. The minimum atomic E-state index is -0.189. The average molecular weight is 349 g/mol. The third-order valence-corrected chi connectivity index (χ3v) is 8.99. The molecule has 0 aliphatic heterocycles. The molecule has 134 valence electrons. The highest BCUT2D eigenvalue weighted by Crippen LogP contribution is 2.66. The lowest BCUT2D eigenvalue weighted by Gasteiger charge is -2.58. The highest BCUT2D eigenvalue weighted by atomic mass is 35.5. The molecular formula is C22H33ClO. The molecular weight excluding hydrogens is 316 g/mol. The zero-order valence-electron chi connectivity index (χ0n) is 15.6. The van der Waals surface area contributed by atoms with Gasteiger partial charge >= 0.3 is 0 Å². The lowest BCUT2D eigenvalue weighted by Crippen LogP contribution is -2.49. The van der Waals surface area contributed by atoms with Crippen molar-refractivity contribution < 1.29 is 5.11 Å². The summed E-state index contributed by atoms with van der Waals surface area (Å²) >= 11 is 6.20. The van der Waals surface area contributed by atoms with Gasteiger partial charge < -0.3 is 5.11 Å². The molecule has 1 N–H and O–H groups in total. The molecule has 24 heavy (non-hydrogen) atoms. The normalized spacial score (nSPS) is 49.8. The third kappa shape index (κ3) is 2.30. The highest BCUT2D eigenvalue weighted by Gasteiger charge is 2.57. The summed E-state index contributed by atoms with van der Waals surface area (Å²) in [6, 6.07) is 0. The van der Waals surface area contributed by atoms with Gasteiger partial charge in [-0.05, 0) is 86.9 Å². The number of halogens is 1. The van der Waals surface area contributed by atoms with E-state index in [4.69, 9.17) is 11.6 Å². The van der Waals surface area contributed by atoms with Crippen LogP contribution in [-0.4, -0.2) is 17.1 Å². The van der Waals surface area contributed by atoms with Crippen molar-refractivity contribution in [3.63, 3.8) is 0 Å². The Hall–Kier alpha value is -0.270. The number of aliphatic hydroxyl groups excluding tert-OH is 1. The van der Waals surface area contributed by atoms with Crippen molar-refractivity contribution in [3.8, 4) is 0 Å². The quantitative estimate of drug-likeness (QED) is 0.464. The van der Waals surface area contributed by atoms with Crippen molar-refractivity contribution in [2.45, 2.75) is 78.2 Å². The number of allylic oxidation sites excluding steroid dienone is 3. The first-order valence-electron chi connectivity index (χ1n) is 10.0. The van der Waals surface area contributed by atoms with E-state index >= 15 is 0 Å². The molecule has 6 atom stereocenters. The van der Waals surface area contributed by atoms with Crippen LogP contribution in [0.25, 0.3) is 0 Å². The molecule has 0 spiro atoms. The van der Waals surface area contributed by atoms with Crippen LogP contribution >= 0.6 is 11.6 Å². The smallest absolute Gasteiger partial charge is 0.0724 e. The van der Waals surface area contributed by atoms with E-state index in [9.17, 15) is 5.11 Å². The molecule has 1 nitrogen and oxygen atoms in total. The Morgan fingerprint density at radius 3 is 2.54 bits per heavy atom. The molecule has 0 amide bonds. The minimum Gasteiger partial charge on any atom is -0.389 e. The summed E-state index contributed by atoms with van der Waals surface area (Å²) in [7, 11) is 0. The van der Waals surface area contributed by atoms with Gasteiger partial charge in [0.05, 0.1) is 6.10 Å². The maximum Gasteiger partial charge on any atom is 0.0724 e. The Labute approximate surface area is 152 Å². The first-order valence-corrected chi connectivity index (χ1v) is 10.6. The van der Waals surface area contributed by atoms with Crippen molar-refractivity contribution in [1.82, 2.24) is 0 Å². The Bertz CT molecular complexity index is 591. The van der Waals surface area contributed by atoms with E-state index in [2.05, 4.69) is 26.8 Å². The Morgan fingerprint density at radius 1 is 1.08 bits per heavy atom. The van der Waals surface area contributed by atoms with Crippen molar-refractivity contribution in [1.29, 1.82) is 0 Å². The van der Waals surface area contributed by atoms with Crippen LogP contribution in [0.3, 0.4) is 0 Å².